The average Bonchev–Trinajstić information content (AvgIpc) is 3.02. The fourth-order valence-electron chi connectivity index (χ4n) is 2.77. The Kier molecular flexibility index (Phi) is 8.84. The van der Waals surface area contributed by atoms with Crippen LogP contribution in [0, 0.1) is 11.8 Å². The normalized spacial score (nSPS) is 20.2. The first-order valence-corrected chi connectivity index (χ1v) is 8.53. The van der Waals surface area contributed by atoms with Crippen LogP contribution in [0.1, 0.15) is 24.2 Å². The highest BCUT2D eigenvalue weighted by Crippen LogP contribution is 2.12. The van der Waals surface area contributed by atoms with E-state index in [1.807, 2.05) is 13.8 Å². The number of carbonyl (C=O) groups excluding carboxylic acids is 2. The third kappa shape index (κ3) is 5.86. The summed E-state index contributed by atoms with van der Waals surface area (Å²) in [6.45, 7) is 5.36. The average molecular weight is 386 g/mol. The molecule has 1 aliphatic heterocycles. The van der Waals surface area contributed by atoms with Gasteiger partial charge in [0.05, 0.1) is 13.2 Å². The fraction of sp³-hybridized carbons (Fsp3) is 0.556. The molecular weight excluding hydrogens is 358 g/mol. The Bertz CT molecular complexity index is 595. The summed E-state index contributed by atoms with van der Waals surface area (Å²) in [6, 6.07) is 6.08. The summed E-state index contributed by atoms with van der Waals surface area (Å²) in [6.07, 6.45) is -0.452. The van der Waals surface area contributed by atoms with Crippen LogP contribution >= 0.6 is 12.4 Å². The summed E-state index contributed by atoms with van der Waals surface area (Å²) in [7, 11) is 1.56. The molecule has 26 heavy (non-hydrogen) atoms. The van der Waals surface area contributed by atoms with E-state index in [2.05, 4.69) is 16.0 Å². The summed E-state index contributed by atoms with van der Waals surface area (Å²) >= 11 is 0. The maximum absolute atomic E-state index is 12.5. The van der Waals surface area contributed by atoms with Crippen molar-refractivity contribution < 1.29 is 19.4 Å². The number of ether oxygens (including phenoxy) is 1. The Morgan fingerprint density at radius 3 is 2.42 bits per heavy atom. The molecule has 1 aromatic rings. The first kappa shape index (κ1) is 22.2. The van der Waals surface area contributed by atoms with Gasteiger partial charge in [0, 0.05) is 31.1 Å². The van der Waals surface area contributed by atoms with Crippen molar-refractivity contribution in [2.24, 2.45) is 11.8 Å². The minimum atomic E-state index is -0.638. The van der Waals surface area contributed by atoms with E-state index in [4.69, 9.17) is 4.74 Å². The summed E-state index contributed by atoms with van der Waals surface area (Å²) in [5, 5.41) is 18.5. The molecule has 0 aromatic heterocycles. The number of halogens is 1. The highest BCUT2D eigenvalue weighted by Gasteiger charge is 2.28. The van der Waals surface area contributed by atoms with E-state index in [1.54, 1.807) is 31.4 Å². The van der Waals surface area contributed by atoms with E-state index in [9.17, 15) is 14.7 Å². The third-order valence-electron chi connectivity index (χ3n) is 4.43. The second-order valence-electron chi connectivity index (χ2n) is 6.65. The maximum atomic E-state index is 12.5. The van der Waals surface area contributed by atoms with Crippen molar-refractivity contribution in [3.05, 3.63) is 29.8 Å². The predicted molar refractivity (Wildman–Crippen MR) is 102 cm³/mol. The Labute approximate surface area is 160 Å². The van der Waals surface area contributed by atoms with E-state index in [0.717, 1.165) is 0 Å². The van der Waals surface area contributed by atoms with Gasteiger partial charge in [-0.15, -0.1) is 12.4 Å². The van der Waals surface area contributed by atoms with Gasteiger partial charge in [-0.05, 0) is 30.2 Å². The molecule has 0 saturated carbocycles. The van der Waals surface area contributed by atoms with Crippen molar-refractivity contribution in [1.82, 2.24) is 16.0 Å². The number of carbonyl (C=O) groups is 2. The van der Waals surface area contributed by atoms with Crippen LogP contribution in [0.25, 0.3) is 0 Å². The number of amides is 2. The lowest BCUT2D eigenvalue weighted by atomic mass is 10.0. The topological polar surface area (TPSA) is 99.7 Å². The van der Waals surface area contributed by atoms with Crippen molar-refractivity contribution in [3.63, 3.8) is 0 Å². The van der Waals surface area contributed by atoms with Crippen LogP contribution in [-0.2, 0) is 4.79 Å². The predicted octanol–water partition coefficient (Wildman–Crippen LogP) is 0.568. The number of aliphatic hydroxyl groups excluding tert-OH is 1. The molecule has 2 rings (SSSR count). The summed E-state index contributed by atoms with van der Waals surface area (Å²) in [5.74, 6) is 0.0522. The zero-order valence-corrected chi connectivity index (χ0v) is 16.1. The second-order valence-corrected chi connectivity index (χ2v) is 6.65. The highest BCUT2D eigenvalue weighted by molar-refractivity contribution is 5.97. The molecule has 1 saturated heterocycles. The molecule has 1 aliphatic rings. The maximum Gasteiger partial charge on any atom is 0.251 e. The van der Waals surface area contributed by atoms with E-state index in [-0.39, 0.29) is 36.1 Å². The van der Waals surface area contributed by atoms with Crippen molar-refractivity contribution in [2.45, 2.75) is 26.0 Å². The van der Waals surface area contributed by atoms with Gasteiger partial charge in [-0.25, -0.2) is 0 Å². The molecular formula is C18H28ClN3O4. The number of nitrogens with one attached hydrogen (secondary N) is 3. The number of aliphatic hydroxyl groups is 1. The minimum absolute atomic E-state index is 0. The van der Waals surface area contributed by atoms with Crippen LogP contribution in [0.5, 0.6) is 5.75 Å². The quantitative estimate of drug-likeness (QED) is 0.550. The molecule has 2 amide bonds. The van der Waals surface area contributed by atoms with Crippen molar-refractivity contribution in [2.75, 3.05) is 26.7 Å². The SMILES string of the molecule is COc1ccc(C(=O)NC(C(=O)NCC2CNCC2O)C(C)C)cc1.Cl. The monoisotopic (exact) mass is 385 g/mol. The number of benzene rings is 1. The van der Waals surface area contributed by atoms with Gasteiger partial charge in [-0.3, -0.25) is 9.59 Å². The van der Waals surface area contributed by atoms with Gasteiger partial charge in [0.1, 0.15) is 11.8 Å². The number of rotatable bonds is 7. The van der Waals surface area contributed by atoms with Gasteiger partial charge in [0.25, 0.3) is 5.91 Å². The van der Waals surface area contributed by atoms with Crippen LogP contribution in [0.2, 0.25) is 0 Å². The van der Waals surface area contributed by atoms with Gasteiger partial charge >= 0.3 is 0 Å². The van der Waals surface area contributed by atoms with E-state index >= 15 is 0 Å². The van der Waals surface area contributed by atoms with Crippen molar-refractivity contribution in [1.29, 1.82) is 0 Å². The van der Waals surface area contributed by atoms with Crippen LogP contribution in [0.15, 0.2) is 24.3 Å². The molecule has 3 unspecified atom stereocenters. The molecule has 0 bridgehead atoms. The minimum Gasteiger partial charge on any atom is -0.497 e. The first-order chi connectivity index (χ1) is 11.9. The number of hydrogen-bond donors (Lipinski definition) is 4. The van der Waals surface area contributed by atoms with E-state index in [1.165, 1.54) is 0 Å². The molecule has 1 heterocycles. The molecule has 1 aromatic carbocycles. The van der Waals surface area contributed by atoms with Crippen molar-refractivity contribution >= 4 is 24.2 Å². The smallest absolute Gasteiger partial charge is 0.251 e. The zero-order valence-electron chi connectivity index (χ0n) is 15.3. The molecule has 7 nitrogen and oxygen atoms in total. The van der Waals surface area contributed by atoms with E-state index < -0.39 is 12.1 Å². The summed E-state index contributed by atoms with van der Waals surface area (Å²) < 4.78 is 5.07. The molecule has 1 fully saturated rings. The largest absolute Gasteiger partial charge is 0.497 e. The van der Waals surface area contributed by atoms with Gasteiger partial charge in [-0.2, -0.15) is 0 Å². The van der Waals surface area contributed by atoms with Crippen LogP contribution in [0.3, 0.4) is 0 Å². The lowest BCUT2D eigenvalue weighted by molar-refractivity contribution is -0.124. The van der Waals surface area contributed by atoms with Crippen molar-refractivity contribution in [3.8, 4) is 5.75 Å². The molecule has 0 spiro atoms. The van der Waals surface area contributed by atoms with Gasteiger partial charge < -0.3 is 25.8 Å². The lowest BCUT2D eigenvalue weighted by Crippen LogP contribution is -2.51. The Balaban J connectivity index is 0.00000338. The van der Waals surface area contributed by atoms with Crippen LogP contribution in [-0.4, -0.2) is 55.8 Å². The third-order valence-corrected chi connectivity index (χ3v) is 4.43. The van der Waals surface area contributed by atoms with Gasteiger partial charge in [0.15, 0.2) is 0 Å². The first-order valence-electron chi connectivity index (χ1n) is 8.53. The second kappa shape index (κ2) is 10.4. The zero-order chi connectivity index (χ0) is 18.4. The van der Waals surface area contributed by atoms with Crippen LogP contribution in [0.4, 0.5) is 0 Å². The summed E-state index contributed by atoms with van der Waals surface area (Å²) in [5.41, 5.74) is 0.467. The standard InChI is InChI=1S/C18H27N3O4.ClH/c1-11(2)16(18(24)20-9-13-8-19-10-15(13)22)21-17(23)12-4-6-14(25-3)7-5-12;/h4-7,11,13,15-16,19,22H,8-10H2,1-3H3,(H,20,24)(H,21,23);1H. The van der Waals surface area contributed by atoms with Crippen LogP contribution < -0.4 is 20.7 Å². The van der Waals surface area contributed by atoms with E-state index in [0.29, 0.717) is 30.9 Å². The van der Waals surface area contributed by atoms with Gasteiger partial charge in [0.2, 0.25) is 5.91 Å². The number of β-amino-alcohol motifs (C(OH)–C–C–N with tert-alkyl or cyclic N) is 1. The molecule has 0 aliphatic carbocycles. The molecule has 0 radical (unpaired) electrons. The Morgan fingerprint density at radius 2 is 1.92 bits per heavy atom. The molecule has 4 N–H and O–H groups in total. The lowest BCUT2D eigenvalue weighted by Gasteiger charge is -2.23. The fourth-order valence-corrected chi connectivity index (χ4v) is 2.77. The molecule has 8 heteroatoms. The molecule has 3 atom stereocenters. The number of hydrogen-bond acceptors (Lipinski definition) is 5. The molecule has 146 valence electrons. The number of methoxy groups -OCH3 is 1. The highest BCUT2D eigenvalue weighted by atomic mass is 35.5. The Hall–Kier alpha value is -1.83. The van der Waals surface area contributed by atoms with Gasteiger partial charge in [-0.1, -0.05) is 13.8 Å². The summed E-state index contributed by atoms with van der Waals surface area (Å²) in [4.78, 5) is 24.9. The Morgan fingerprint density at radius 1 is 1.27 bits per heavy atom.